The number of hydrogen-bond acceptors (Lipinski definition) is 9. The average Bonchev–Trinajstić information content (AvgIpc) is 3.45. The maximum absolute atomic E-state index is 13.6. The van der Waals surface area contributed by atoms with Gasteiger partial charge in [-0.2, -0.15) is 12.7 Å². The molecule has 4 aromatic rings. The van der Waals surface area contributed by atoms with Gasteiger partial charge >= 0.3 is 10.2 Å². The topological polar surface area (TPSA) is 121 Å². The molecule has 212 valence electrons. The van der Waals surface area contributed by atoms with Gasteiger partial charge in [-0.1, -0.05) is 0 Å². The zero-order chi connectivity index (χ0) is 28.4. The van der Waals surface area contributed by atoms with E-state index in [0.29, 0.717) is 47.0 Å². The summed E-state index contributed by atoms with van der Waals surface area (Å²) >= 11 is 0. The van der Waals surface area contributed by atoms with Crippen molar-refractivity contribution in [2.75, 3.05) is 46.4 Å². The number of imidazole rings is 1. The van der Waals surface area contributed by atoms with E-state index in [1.165, 1.54) is 26.5 Å². The van der Waals surface area contributed by atoms with Gasteiger partial charge in [0.15, 0.2) is 0 Å². The average molecular weight is 569 g/mol. The molecule has 2 aromatic heterocycles. The Morgan fingerprint density at radius 1 is 1.00 bits per heavy atom. The van der Waals surface area contributed by atoms with Gasteiger partial charge in [0.2, 0.25) is 0 Å². The van der Waals surface area contributed by atoms with E-state index in [0.717, 1.165) is 21.1 Å². The van der Waals surface area contributed by atoms with Crippen molar-refractivity contribution < 1.29 is 22.6 Å². The molecule has 13 heteroatoms. The van der Waals surface area contributed by atoms with Gasteiger partial charge < -0.3 is 19.1 Å². The first-order chi connectivity index (χ1) is 19.2. The molecule has 12 nitrogen and oxygen atoms in total. The Hall–Kier alpha value is -3.94. The monoisotopic (exact) mass is 568 g/mol. The van der Waals surface area contributed by atoms with E-state index in [4.69, 9.17) is 14.2 Å². The molecule has 0 radical (unpaired) electrons. The highest BCUT2D eigenvalue weighted by Crippen LogP contribution is 2.35. The second-order valence-electron chi connectivity index (χ2n) is 9.59. The Balaban J connectivity index is 1.66. The summed E-state index contributed by atoms with van der Waals surface area (Å²) in [5.41, 5.74) is 1.72. The highest BCUT2D eigenvalue weighted by atomic mass is 32.2. The number of benzene rings is 2. The quantitative estimate of drug-likeness (QED) is 0.300. The highest BCUT2D eigenvalue weighted by Gasteiger charge is 2.24. The molecule has 0 N–H and O–H groups in total. The van der Waals surface area contributed by atoms with Crippen LogP contribution in [0.2, 0.25) is 0 Å². The molecule has 0 amide bonds. The number of fused-ring (bicyclic) bond motifs is 1. The van der Waals surface area contributed by atoms with Gasteiger partial charge in [-0.15, -0.1) is 0 Å². The fourth-order valence-corrected chi connectivity index (χ4v) is 5.69. The van der Waals surface area contributed by atoms with Crippen LogP contribution in [-0.2, 0) is 21.5 Å². The predicted octanol–water partition coefficient (Wildman–Crippen LogP) is 2.95. The standard InChI is InChI=1S/C27H32N6O6S/c1-30(2)40(35,36)33-10-9-28-26(33)17-31(21-13-22(37-3)16-23(14-21)38-4)20-5-6-25-24(15-20)27(34)32(18-29-25)19-7-11-39-12-8-19/h5-6,9-10,13-16,18-19H,7-8,11-12,17H2,1-4H3. The number of anilines is 2. The van der Waals surface area contributed by atoms with Crippen molar-refractivity contribution in [2.45, 2.75) is 25.4 Å². The molecule has 3 heterocycles. The number of rotatable bonds is 9. The minimum atomic E-state index is -3.82. The van der Waals surface area contributed by atoms with E-state index in [1.54, 1.807) is 43.3 Å². The van der Waals surface area contributed by atoms with Crippen LogP contribution < -0.4 is 19.9 Å². The molecule has 0 bridgehead atoms. The number of methoxy groups -OCH3 is 2. The zero-order valence-corrected chi connectivity index (χ0v) is 23.7. The Morgan fingerprint density at radius 3 is 2.35 bits per heavy atom. The van der Waals surface area contributed by atoms with Crippen LogP contribution in [0, 0.1) is 0 Å². The van der Waals surface area contributed by atoms with E-state index >= 15 is 0 Å². The van der Waals surface area contributed by atoms with Gasteiger partial charge in [-0.25, -0.2) is 13.9 Å². The number of nitrogens with zero attached hydrogens (tertiary/aromatic N) is 6. The summed E-state index contributed by atoms with van der Waals surface area (Å²) in [6.07, 6.45) is 5.94. The Labute approximate surface area is 232 Å². The second-order valence-corrected chi connectivity index (χ2v) is 11.6. The van der Waals surface area contributed by atoms with Gasteiger partial charge in [0, 0.05) is 75.3 Å². The first kappa shape index (κ1) is 27.6. The lowest BCUT2D eigenvalue weighted by Gasteiger charge is -2.27. The largest absolute Gasteiger partial charge is 0.497 e. The number of ether oxygens (including phenoxy) is 3. The summed E-state index contributed by atoms with van der Waals surface area (Å²) in [4.78, 5) is 24.4. The summed E-state index contributed by atoms with van der Waals surface area (Å²) < 4.78 is 46.4. The third-order valence-electron chi connectivity index (χ3n) is 7.00. The van der Waals surface area contributed by atoms with Crippen molar-refractivity contribution in [3.8, 4) is 11.5 Å². The van der Waals surface area contributed by atoms with Crippen molar-refractivity contribution in [3.05, 3.63) is 71.3 Å². The molecule has 40 heavy (non-hydrogen) atoms. The van der Waals surface area contributed by atoms with Gasteiger partial charge in [-0.3, -0.25) is 9.36 Å². The van der Waals surface area contributed by atoms with Gasteiger partial charge in [0.1, 0.15) is 17.3 Å². The molecule has 2 aromatic carbocycles. The third-order valence-corrected chi connectivity index (χ3v) is 8.75. The Morgan fingerprint density at radius 2 is 1.70 bits per heavy atom. The van der Waals surface area contributed by atoms with Crippen molar-refractivity contribution in [2.24, 2.45) is 0 Å². The molecule has 1 fully saturated rings. The molecule has 1 aliphatic rings. The molecule has 0 spiro atoms. The first-order valence-corrected chi connectivity index (χ1v) is 14.2. The van der Waals surface area contributed by atoms with Crippen LogP contribution >= 0.6 is 0 Å². The fraction of sp³-hybridized carbons (Fsp3) is 0.370. The molecular formula is C27H32N6O6S. The molecule has 5 rings (SSSR count). The van der Waals surface area contributed by atoms with E-state index in [-0.39, 0.29) is 24.0 Å². The Bertz CT molecular complexity index is 1650. The van der Waals surface area contributed by atoms with Crippen LogP contribution in [0.3, 0.4) is 0 Å². The van der Waals surface area contributed by atoms with Crippen LogP contribution in [0.15, 0.2) is 59.9 Å². The smallest absolute Gasteiger partial charge is 0.308 e. The summed E-state index contributed by atoms with van der Waals surface area (Å²) in [6.45, 7) is 1.27. The van der Waals surface area contributed by atoms with E-state index in [1.807, 2.05) is 23.1 Å². The summed E-state index contributed by atoms with van der Waals surface area (Å²) in [7, 11) is 2.21. The molecule has 0 aliphatic carbocycles. The van der Waals surface area contributed by atoms with Crippen molar-refractivity contribution in [3.63, 3.8) is 0 Å². The van der Waals surface area contributed by atoms with Crippen LogP contribution in [-0.4, -0.2) is 72.8 Å². The maximum Gasteiger partial charge on any atom is 0.308 e. The predicted molar refractivity (Wildman–Crippen MR) is 151 cm³/mol. The SMILES string of the molecule is COc1cc(OC)cc(N(Cc2nccn2S(=O)(=O)N(C)C)c2ccc3ncn(C4CCOCC4)c(=O)c3c2)c1. The van der Waals surface area contributed by atoms with Crippen LogP contribution in [0.25, 0.3) is 10.9 Å². The van der Waals surface area contributed by atoms with Crippen molar-refractivity contribution >= 4 is 32.5 Å². The molecule has 0 atom stereocenters. The van der Waals surface area contributed by atoms with Crippen LogP contribution in [0.5, 0.6) is 11.5 Å². The number of hydrogen-bond donors (Lipinski definition) is 0. The lowest BCUT2D eigenvalue weighted by molar-refractivity contribution is 0.0685. The molecule has 0 saturated carbocycles. The third kappa shape index (κ3) is 5.27. The van der Waals surface area contributed by atoms with Crippen molar-refractivity contribution in [1.29, 1.82) is 0 Å². The van der Waals surface area contributed by atoms with Gasteiger partial charge in [-0.05, 0) is 31.0 Å². The van der Waals surface area contributed by atoms with E-state index < -0.39 is 10.2 Å². The van der Waals surface area contributed by atoms with Crippen LogP contribution in [0.4, 0.5) is 11.4 Å². The Kier molecular flexibility index (Phi) is 7.79. The minimum absolute atomic E-state index is 0.0178. The highest BCUT2D eigenvalue weighted by molar-refractivity contribution is 7.87. The lowest BCUT2D eigenvalue weighted by atomic mass is 10.1. The maximum atomic E-state index is 13.6. The normalized spacial score (nSPS) is 14.5. The van der Waals surface area contributed by atoms with Crippen molar-refractivity contribution in [1.82, 2.24) is 22.8 Å². The fourth-order valence-electron chi connectivity index (χ4n) is 4.76. The van der Waals surface area contributed by atoms with Gasteiger partial charge in [0.25, 0.3) is 5.56 Å². The molecular weight excluding hydrogens is 536 g/mol. The van der Waals surface area contributed by atoms with E-state index in [2.05, 4.69) is 9.97 Å². The molecule has 0 unspecified atom stereocenters. The molecule has 1 aliphatic heterocycles. The molecule has 1 saturated heterocycles. The summed E-state index contributed by atoms with van der Waals surface area (Å²) in [5.74, 6) is 1.38. The minimum Gasteiger partial charge on any atom is -0.497 e. The van der Waals surface area contributed by atoms with E-state index in [9.17, 15) is 13.2 Å². The summed E-state index contributed by atoms with van der Waals surface area (Å²) in [6, 6.07) is 10.8. The van der Waals surface area contributed by atoms with Gasteiger partial charge in [0.05, 0.1) is 38.0 Å². The number of aromatic nitrogens is 4. The second kappa shape index (κ2) is 11.3. The van der Waals surface area contributed by atoms with Crippen LogP contribution in [0.1, 0.15) is 24.7 Å². The first-order valence-electron chi connectivity index (χ1n) is 12.8. The summed E-state index contributed by atoms with van der Waals surface area (Å²) in [5, 5.41) is 0.454. The lowest BCUT2D eigenvalue weighted by Crippen LogP contribution is -2.31. The zero-order valence-electron chi connectivity index (χ0n) is 22.9.